The molecule has 3 heterocycles. The van der Waals surface area contributed by atoms with Crippen molar-refractivity contribution in [3.63, 3.8) is 0 Å². The van der Waals surface area contributed by atoms with Crippen LogP contribution in [0.25, 0.3) is 22.0 Å². The van der Waals surface area contributed by atoms with Gasteiger partial charge in [-0.3, -0.25) is 8.77 Å². The highest BCUT2D eigenvalue weighted by Gasteiger charge is 2.34. The number of thioether (sulfide) groups is 1. The maximum atomic E-state index is 13.1. The molecule has 5 rings (SSSR count). The number of aromatic nitrogens is 2. The van der Waals surface area contributed by atoms with Crippen molar-refractivity contribution in [2.24, 2.45) is 13.0 Å². The van der Waals surface area contributed by atoms with Crippen molar-refractivity contribution in [2.45, 2.75) is 76.1 Å². The molecule has 12 heteroatoms. The van der Waals surface area contributed by atoms with Crippen molar-refractivity contribution >= 4 is 59.1 Å². The van der Waals surface area contributed by atoms with E-state index in [-0.39, 0.29) is 23.9 Å². The van der Waals surface area contributed by atoms with E-state index in [9.17, 15) is 9.59 Å². The highest BCUT2D eigenvalue weighted by atomic mass is 127. The van der Waals surface area contributed by atoms with Crippen LogP contribution in [-0.2, 0) is 21.3 Å². The van der Waals surface area contributed by atoms with Gasteiger partial charge in [0.2, 0.25) is 0 Å². The summed E-state index contributed by atoms with van der Waals surface area (Å²) in [6.45, 7) is 10.6. The van der Waals surface area contributed by atoms with Gasteiger partial charge in [0.05, 0.1) is 25.9 Å². The molecule has 1 aromatic carbocycles. The van der Waals surface area contributed by atoms with E-state index in [0.29, 0.717) is 44.3 Å². The van der Waals surface area contributed by atoms with Gasteiger partial charge in [0, 0.05) is 84.3 Å². The van der Waals surface area contributed by atoms with Crippen LogP contribution in [0.15, 0.2) is 46.3 Å². The van der Waals surface area contributed by atoms with Gasteiger partial charge in [0.15, 0.2) is 0 Å². The Bertz CT molecular complexity index is 1530. The monoisotopic (exact) mass is 769 g/mol. The highest BCUT2D eigenvalue weighted by molar-refractivity contribution is 14.2. The molecule has 246 valence electrons. The summed E-state index contributed by atoms with van der Waals surface area (Å²) in [4.78, 5) is 28.3. The van der Waals surface area contributed by atoms with Gasteiger partial charge in [-0.1, -0.05) is 6.92 Å². The lowest BCUT2D eigenvalue weighted by Gasteiger charge is -2.33. The number of ether oxygens (including phenoxy) is 4. The number of nitrogens with zero attached hydrogens (tertiary/aromatic N) is 3. The molecule has 1 saturated heterocycles. The first kappa shape index (κ1) is 34.5. The number of carbonyl (C=O) groups excluding carboxylic acids is 1. The predicted octanol–water partition coefficient (Wildman–Crippen LogP) is 7.56. The summed E-state index contributed by atoms with van der Waals surface area (Å²) in [5.41, 5.74) is 2.12. The normalized spacial score (nSPS) is 16.7. The first-order chi connectivity index (χ1) is 21.6. The zero-order chi connectivity index (χ0) is 32.1. The SMILES string of the molecule is CCSc1ccc(OC(COCCOC2CCN(C(=O)OC(C)(C)C)CC2)C2CC2)c(-c2cn(C)c(=O)c3c2ccn3SI)c1. The van der Waals surface area contributed by atoms with E-state index in [0.717, 1.165) is 58.6 Å². The van der Waals surface area contributed by atoms with Crippen LogP contribution in [-0.4, -0.2) is 76.0 Å². The minimum atomic E-state index is -0.489. The fourth-order valence-electron chi connectivity index (χ4n) is 5.58. The van der Waals surface area contributed by atoms with Crippen LogP contribution in [0, 0.1) is 5.92 Å². The van der Waals surface area contributed by atoms with E-state index in [2.05, 4.69) is 46.3 Å². The molecular formula is C33H44IN3O6S2. The smallest absolute Gasteiger partial charge is 0.410 e. The summed E-state index contributed by atoms with van der Waals surface area (Å²) in [6.07, 6.45) is 7.50. The molecule has 9 nitrogen and oxygen atoms in total. The second kappa shape index (κ2) is 15.4. The van der Waals surface area contributed by atoms with E-state index in [4.69, 9.17) is 18.9 Å². The third-order valence-corrected chi connectivity index (χ3v) is 10.6. The van der Waals surface area contributed by atoms with Crippen LogP contribution in [0.3, 0.4) is 0 Å². The Balaban J connectivity index is 1.21. The predicted molar refractivity (Wildman–Crippen MR) is 191 cm³/mol. The Labute approximate surface area is 286 Å². The van der Waals surface area contributed by atoms with E-state index in [1.54, 1.807) is 28.3 Å². The van der Waals surface area contributed by atoms with Crippen molar-refractivity contribution in [2.75, 3.05) is 38.7 Å². The molecule has 1 saturated carbocycles. The number of amides is 1. The number of rotatable bonds is 13. The zero-order valence-electron chi connectivity index (χ0n) is 26.8. The molecule has 2 aromatic heterocycles. The Kier molecular flexibility index (Phi) is 11.8. The molecule has 2 aliphatic rings. The van der Waals surface area contributed by atoms with Gasteiger partial charge in [-0.2, -0.15) is 0 Å². The minimum absolute atomic E-state index is 0.0236. The second-order valence-electron chi connectivity index (χ2n) is 12.6. The summed E-state index contributed by atoms with van der Waals surface area (Å²) < 4.78 is 28.0. The molecule has 3 aromatic rings. The van der Waals surface area contributed by atoms with E-state index < -0.39 is 5.60 Å². The third kappa shape index (κ3) is 8.94. The largest absolute Gasteiger partial charge is 0.487 e. The summed E-state index contributed by atoms with van der Waals surface area (Å²) in [5, 5.41) is 0.916. The number of hydrogen-bond donors (Lipinski definition) is 0. The van der Waals surface area contributed by atoms with E-state index in [1.807, 2.05) is 43.2 Å². The summed E-state index contributed by atoms with van der Waals surface area (Å²) in [5.74, 6) is 2.23. The molecule has 2 fully saturated rings. The topological polar surface area (TPSA) is 84.2 Å². The molecule has 1 aliphatic carbocycles. The number of fused-ring (bicyclic) bond motifs is 1. The fraction of sp³-hybridized carbons (Fsp3) is 0.576. The Morgan fingerprint density at radius 1 is 1.09 bits per heavy atom. The first-order valence-corrected chi connectivity index (χ1v) is 20.0. The van der Waals surface area contributed by atoms with Gasteiger partial charge in [-0.15, -0.1) is 11.8 Å². The Morgan fingerprint density at radius 2 is 1.84 bits per heavy atom. The highest BCUT2D eigenvalue weighted by Crippen LogP contribution is 2.41. The lowest BCUT2D eigenvalue weighted by molar-refractivity contribution is -0.0392. The van der Waals surface area contributed by atoms with Crippen molar-refractivity contribution in [3.8, 4) is 16.9 Å². The van der Waals surface area contributed by atoms with Crippen molar-refractivity contribution in [1.82, 2.24) is 13.4 Å². The first-order valence-electron chi connectivity index (χ1n) is 15.7. The molecule has 0 bridgehead atoms. The Hall–Kier alpha value is -1.87. The average Bonchev–Trinajstić information content (AvgIpc) is 3.76. The fourth-order valence-corrected chi connectivity index (χ4v) is 7.62. The van der Waals surface area contributed by atoms with Crippen LogP contribution in [0.1, 0.15) is 53.4 Å². The molecule has 1 unspecified atom stereocenters. The third-order valence-electron chi connectivity index (χ3n) is 8.00. The van der Waals surface area contributed by atoms with Gasteiger partial charge >= 0.3 is 6.09 Å². The standard InChI is InChI=1S/C33H44IN3O6S2/c1-6-44-24-9-10-28(26(19-24)27-20-35(5)31(38)30-25(27)13-16-37(30)45-34)42-29(22-7-8-22)21-40-17-18-41-23-11-14-36(15-12-23)32(39)43-33(2,3)4/h9-10,13,16,19-20,22-23,29H,6-8,11-12,14-15,17-18,21H2,1-5H3. The molecular weight excluding hydrogens is 725 g/mol. The molecule has 1 aliphatic heterocycles. The summed E-state index contributed by atoms with van der Waals surface area (Å²) in [7, 11) is 3.29. The number of carbonyl (C=O) groups is 1. The lowest BCUT2D eigenvalue weighted by atomic mass is 10.0. The quantitative estimate of drug-likeness (QED) is 0.100. The van der Waals surface area contributed by atoms with Crippen molar-refractivity contribution < 1.29 is 23.7 Å². The van der Waals surface area contributed by atoms with E-state index >= 15 is 0 Å². The summed E-state index contributed by atoms with van der Waals surface area (Å²) in [6, 6.07) is 8.38. The van der Waals surface area contributed by atoms with Gasteiger partial charge in [0.1, 0.15) is 23.0 Å². The number of hydrogen-bond acceptors (Lipinski definition) is 8. The van der Waals surface area contributed by atoms with Crippen LogP contribution >= 0.6 is 42.1 Å². The minimum Gasteiger partial charge on any atom is -0.487 e. The molecule has 1 amide bonds. The van der Waals surface area contributed by atoms with Gasteiger partial charge in [-0.05, 0) is 82.4 Å². The Morgan fingerprint density at radius 3 is 2.51 bits per heavy atom. The number of benzene rings is 1. The molecule has 1 atom stereocenters. The number of aryl methyl sites for hydroxylation is 1. The number of likely N-dealkylation sites (tertiary alicyclic amines) is 1. The van der Waals surface area contributed by atoms with Crippen LogP contribution in [0.2, 0.25) is 0 Å². The van der Waals surface area contributed by atoms with Crippen molar-refractivity contribution in [3.05, 3.63) is 47.0 Å². The van der Waals surface area contributed by atoms with Crippen LogP contribution < -0.4 is 10.3 Å². The average molecular weight is 770 g/mol. The molecule has 45 heavy (non-hydrogen) atoms. The molecule has 0 radical (unpaired) electrons. The lowest BCUT2D eigenvalue weighted by Crippen LogP contribution is -2.43. The molecule has 0 spiro atoms. The number of halogens is 1. The summed E-state index contributed by atoms with van der Waals surface area (Å²) >= 11 is 3.99. The number of pyridine rings is 1. The van der Waals surface area contributed by atoms with Crippen molar-refractivity contribution in [1.29, 1.82) is 0 Å². The number of piperidine rings is 1. The second-order valence-corrected chi connectivity index (χ2v) is 15.7. The van der Waals surface area contributed by atoms with Gasteiger partial charge < -0.3 is 28.4 Å². The van der Waals surface area contributed by atoms with Crippen LogP contribution in [0.5, 0.6) is 5.75 Å². The van der Waals surface area contributed by atoms with Gasteiger partial charge in [-0.25, -0.2) is 4.79 Å². The maximum Gasteiger partial charge on any atom is 0.410 e. The van der Waals surface area contributed by atoms with Gasteiger partial charge in [0.25, 0.3) is 5.56 Å². The zero-order valence-corrected chi connectivity index (χ0v) is 30.5. The van der Waals surface area contributed by atoms with Crippen LogP contribution in [0.4, 0.5) is 4.79 Å². The molecule has 0 N–H and O–H groups in total. The van der Waals surface area contributed by atoms with E-state index in [1.165, 1.54) is 9.12 Å². The maximum absolute atomic E-state index is 13.1.